The maximum Gasteiger partial charge on any atom is 0.255 e. The summed E-state index contributed by atoms with van der Waals surface area (Å²) in [5, 5.41) is 11.9. The van der Waals surface area contributed by atoms with Crippen molar-refractivity contribution in [2.45, 2.75) is 65.6 Å². The van der Waals surface area contributed by atoms with Gasteiger partial charge in [-0.2, -0.15) is 5.10 Å². The Kier molecular flexibility index (Phi) is 6.62. The molecule has 0 atom stereocenters. The molecule has 0 unspecified atom stereocenters. The summed E-state index contributed by atoms with van der Waals surface area (Å²) in [5.74, 6) is -0.473. The smallest absolute Gasteiger partial charge is 0.255 e. The fourth-order valence-corrected chi connectivity index (χ4v) is 4.50. The summed E-state index contributed by atoms with van der Waals surface area (Å²) in [6.45, 7) is 7.28. The lowest BCUT2D eigenvalue weighted by molar-refractivity contribution is -0.122. The van der Waals surface area contributed by atoms with Crippen molar-refractivity contribution in [2.75, 3.05) is 5.32 Å². The number of hydrogen-bond donors (Lipinski definition) is 3. The number of rotatable bonds is 7. The van der Waals surface area contributed by atoms with E-state index in [0.29, 0.717) is 18.7 Å². The van der Waals surface area contributed by atoms with Crippen molar-refractivity contribution in [2.24, 2.45) is 11.7 Å². The number of fused-ring (bicyclic) bond motifs is 1. The van der Waals surface area contributed by atoms with Gasteiger partial charge in [-0.15, -0.1) is 0 Å². The second-order valence-corrected chi connectivity index (χ2v) is 8.94. The molecule has 4 N–H and O–H groups in total. The molecule has 1 saturated carbocycles. The van der Waals surface area contributed by atoms with Crippen molar-refractivity contribution >= 4 is 28.5 Å². The van der Waals surface area contributed by atoms with Crippen molar-refractivity contribution < 1.29 is 9.59 Å². The minimum absolute atomic E-state index is 0.0657. The Labute approximate surface area is 193 Å². The molecule has 8 heteroatoms. The van der Waals surface area contributed by atoms with Gasteiger partial charge in [0.15, 0.2) is 5.65 Å². The fraction of sp³-hybridized carbons (Fsp3) is 0.440. The van der Waals surface area contributed by atoms with Crippen LogP contribution >= 0.6 is 0 Å². The van der Waals surface area contributed by atoms with Crippen LogP contribution in [0.15, 0.2) is 30.6 Å². The number of anilines is 1. The van der Waals surface area contributed by atoms with Crippen LogP contribution in [0.3, 0.4) is 0 Å². The molecule has 3 aromatic rings. The number of nitrogens with two attached hydrogens (primary N) is 1. The molecule has 1 aliphatic rings. The number of nitrogens with one attached hydrogen (secondary N) is 2. The Morgan fingerprint density at radius 1 is 1.12 bits per heavy atom. The number of amides is 2. The number of aromatic nitrogens is 3. The quantitative estimate of drug-likeness (QED) is 0.512. The topological polar surface area (TPSA) is 115 Å². The first-order valence-corrected chi connectivity index (χ1v) is 11.6. The lowest BCUT2D eigenvalue weighted by atomic mass is 9.85. The molecule has 1 aliphatic carbocycles. The largest absolute Gasteiger partial charge is 0.381 e. The van der Waals surface area contributed by atoms with Crippen LogP contribution in [-0.2, 0) is 17.9 Å². The van der Waals surface area contributed by atoms with E-state index in [9.17, 15) is 9.59 Å². The normalized spacial score (nSPS) is 18.3. The predicted octanol–water partition coefficient (Wildman–Crippen LogP) is 3.45. The molecule has 2 amide bonds. The van der Waals surface area contributed by atoms with Gasteiger partial charge >= 0.3 is 0 Å². The van der Waals surface area contributed by atoms with Crippen molar-refractivity contribution in [1.29, 1.82) is 0 Å². The molecular formula is C25H32N6O2. The van der Waals surface area contributed by atoms with E-state index in [-0.39, 0.29) is 23.8 Å². The highest BCUT2D eigenvalue weighted by atomic mass is 16.2. The third kappa shape index (κ3) is 4.84. The van der Waals surface area contributed by atoms with Gasteiger partial charge in [-0.3, -0.25) is 9.59 Å². The number of pyridine rings is 1. The van der Waals surface area contributed by atoms with Crippen LogP contribution in [0.25, 0.3) is 11.0 Å². The summed E-state index contributed by atoms with van der Waals surface area (Å²) in [6, 6.07) is 6.35. The highest BCUT2D eigenvalue weighted by Gasteiger charge is 2.27. The van der Waals surface area contributed by atoms with Gasteiger partial charge in [-0.25, -0.2) is 9.67 Å². The zero-order valence-corrected chi connectivity index (χ0v) is 19.5. The highest BCUT2D eigenvalue weighted by Crippen LogP contribution is 2.31. The first-order chi connectivity index (χ1) is 15.9. The summed E-state index contributed by atoms with van der Waals surface area (Å²) in [4.78, 5) is 29.3. The second kappa shape index (κ2) is 9.60. The van der Waals surface area contributed by atoms with Gasteiger partial charge in [0.05, 0.1) is 22.8 Å². The van der Waals surface area contributed by atoms with Crippen molar-refractivity contribution in [3.8, 4) is 0 Å². The molecule has 0 aliphatic heterocycles. The Balaban J connectivity index is 1.58. The van der Waals surface area contributed by atoms with Gasteiger partial charge < -0.3 is 16.4 Å². The second-order valence-electron chi connectivity index (χ2n) is 8.94. The standard InChI is InChI=1S/C25H32N6O2/c1-4-31-24-20(14-29-31)22(30-19-9-7-18(8-10-19)23(26)32)21(13-27-24)25(33)28-12-17-6-5-15(2)16(3)11-17/h5-6,11,13-14,18-19H,4,7-10,12H2,1-3H3,(H2,26,32)(H,27,30)(H,28,33)/t18-,19-. The van der Waals surface area contributed by atoms with Crippen LogP contribution in [-0.4, -0.2) is 32.6 Å². The van der Waals surface area contributed by atoms with Crippen LogP contribution in [0.5, 0.6) is 0 Å². The lowest BCUT2D eigenvalue weighted by Gasteiger charge is -2.29. The molecule has 2 aromatic heterocycles. The number of benzene rings is 1. The number of hydrogen-bond acceptors (Lipinski definition) is 5. The van der Waals surface area contributed by atoms with Crippen molar-refractivity contribution in [3.63, 3.8) is 0 Å². The predicted molar refractivity (Wildman–Crippen MR) is 129 cm³/mol. The van der Waals surface area contributed by atoms with Gasteiger partial charge in [0.25, 0.3) is 5.91 Å². The van der Waals surface area contributed by atoms with E-state index in [1.165, 1.54) is 11.1 Å². The molecule has 1 fully saturated rings. The van der Waals surface area contributed by atoms with E-state index in [2.05, 4.69) is 46.7 Å². The fourth-order valence-electron chi connectivity index (χ4n) is 4.50. The summed E-state index contributed by atoms with van der Waals surface area (Å²) >= 11 is 0. The number of carbonyl (C=O) groups excluding carboxylic acids is 2. The van der Waals surface area contributed by atoms with Crippen LogP contribution < -0.4 is 16.4 Å². The van der Waals surface area contributed by atoms with E-state index < -0.39 is 0 Å². The maximum atomic E-state index is 13.2. The zero-order valence-electron chi connectivity index (χ0n) is 19.5. The molecular weight excluding hydrogens is 416 g/mol. The molecule has 0 bridgehead atoms. The van der Waals surface area contributed by atoms with E-state index in [1.54, 1.807) is 12.4 Å². The molecule has 2 heterocycles. The van der Waals surface area contributed by atoms with Crippen LogP contribution in [0.1, 0.15) is 59.7 Å². The molecule has 174 valence electrons. The average Bonchev–Trinajstić information content (AvgIpc) is 3.24. The Morgan fingerprint density at radius 2 is 1.88 bits per heavy atom. The summed E-state index contributed by atoms with van der Waals surface area (Å²) < 4.78 is 1.82. The van der Waals surface area contributed by atoms with Gasteiger partial charge in [0, 0.05) is 31.2 Å². The molecule has 0 radical (unpaired) electrons. The Hall–Kier alpha value is -3.42. The Morgan fingerprint density at radius 3 is 2.55 bits per heavy atom. The van der Waals surface area contributed by atoms with Gasteiger partial charge in [0.2, 0.25) is 5.91 Å². The van der Waals surface area contributed by atoms with Gasteiger partial charge in [-0.1, -0.05) is 18.2 Å². The third-order valence-electron chi connectivity index (χ3n) is 6.71. The molecule has 4 rings (SSSR count). The maximum absolute atomic E-state index is 13.2. The van der Waals surface area contributed by atoms with Gasteiger partial charge in [0.1, 0.15) is 0 Å². The van der Waals surface area contributed by atoms with E-state index in [4.69, 9.17) is 5.73 Å². The monoisotopic (exact) mass is 448 g/mol. The highest BCUT2D eigenvalue weighted by molar-refractivity contribution is 6.06. The van der Waals surface area contributed by atoms with E-state index >= 15 is 0 Å². The van der Waals surface area contributed by atoms with Crippen LogP contribution in [0.4, 0.5) is 5.69 Å². The SMILES string of the molecule is CCn1ncc2c(N[C@H]3CC[C@H](C(N)=O)CC3)c(C(=O)NCc3ccc(C)c(C)c3)cnc21. The summed E-state index contributed by atoms with van der Waals surface area (Å²) in [7, 11) is 0. The van der Waals surface area contributed by atoms with E-state index in [1.807, 2.05) is 17.7 Å². The number of primary amides is 1. The minimum atomic E-state index is -0.226. The summed E-state index contributed by atoms with van der Waals surface area (Å²) in [6.07, 6.45) is 6.55. The molecule has 8 nitrogen and oxygen atoms in total. The third-order valence-corrected chi connectivity index (χ3v) is 6.71. The van der Waals surface area contributed by atoms with Crippen molar-refractivity contribution in [3.05, 3.63) is 52.8 Å². The number of aryl methyl sites for hydroxylation is 3. The average molecular weight is 449 g/mol. The molecule has 0 spiro atoms. The zero-order chi connectivity index (χ0) is 23.5. The molecule has 1 aromatic carbocycles. The Bertz CT molecular complexity index is 1180. The number of nitrogens with zero attached hydrogens (tertiary/aromatic N) is 3. The minimum Gasteiger partial charge on any atom is -0.381 e. The van der Waals surface area contributed by atoms with Crippen LogP contribution in [0, 0.1) is 19.8 Å². The van der Waals surface area contributed by atoms with Crippen molar-refractivity contribution in [1.82, 2.24) is 20.1 Å². The first kappa shape index (κ1) is 22.8. The first-order valence-electron chi connectivity index (χ1n) is 11.6. The summed E-state index contributed by atoms with van der Waals surface area (Å²) in [5.41, 5.74) is 11.0. The van der Waals surface area contributed by atoms with Crippen LogP contribution in [0.2, 0.25) is 0 Å². The van der Waals surface area contributed by atoms with Gasteiger partial charge in [-0.05, 0) is 63.1 Å². The molecule has 0 saturated heterocycles. The molecule has 33 heavy (non-hydrogen) atoms. The lowest BCUT2D eigenvalue weighted by Crippen LogP contribution is -2.33. The number of carbonyl (C=O) groups is 2. The van der Waals surface area contributed by atoms with E-state index in [0.717, 1.165) is 48.0 Å².